The normalized spacial score (nSPS) is 10.1. The molecule has 1 amide bonds. The van der Waals surface area contributed by atoms with Gasteiger partial charge in [-0.05, 0) is 31.2 Å². The summed E-state index contributed by atoms with van der Waals surface area (Å²) >= 11 is 4.89. The molecule has 0 saturated heterocycles. The van der Waals surface area contributed by atoms with Gasteiger partial charge < -0.3 is 10.6 Å². The number of thiocarbonyl (C=S) groups is 1. The molecule has 0 atom stereocenters. The molecule has 0 heterocycles. The van der Waals surface area contributed by atoms with Crippen LogP contribution in [-0.2, 0) is 0 Å². The number of anilines is 1. The number of aryl methyl sites for hydroxylation is 1. The van der Waals surface area contributed by atoms with E-state index in [1.165, 1.54) is 0 Å². The van der Waals surface area contributed by atoms with E-state index < -0.39 is 0 Å². The molecule has 20 heavy (non-hydrogen) atoms. The SMILES string of the molecule is Cc1ccc(N(C)C(=O)c2ccc(C(N)=S)cc2)cc1. The third-order valence-corrected chi connectivity index (χ3v) is 3.38. The first-order valence-electron chi connectivity index (χ1n) is 6.23. The second-order valence-corrected chi connectivity index (χ2v) is 5.08. The van der Waals surface area contributed by atoms with Crippen molar-refractivity contribution in [3.63, 3.8) is 0 Å². The molecule has 0 aliphatic carbocycles. The van der Waals surface area contributed by atoms with Crippen LogP contribution in [0.25, 0.3) is 0 Å². The number of nitrogens with zero attached hydrogens (tertiary/aromatic N) is 1. The molecule has 0 aliphatic heterocycles. The number of hydrogen-bond donors (Lipinski definition) is 1. The van der Waals surface area contributed by atoms with Gasteiger partial charge in [-0.25, -0.2) is 0 Å². The van der Waals surface area contributed by atoms with Gasteiger partial charge in [0.2, 0.25) is 0 Å². The van der Waals surface area contributed by atoms with Crippen LogP contribution in [0.5, 0.6) is 0 Å². The minimum atomic E-state index is -0.0663. The molecule has 0 aliphatic rings. The van der Waals surface area contributed by atoms with Gasteiger partial charge in [0.15, 0.2) is 0 Å². The highest BCUT2D eigenvalue weighted by molar-refractivity contribution is 7.80. The third kappa shape index (κ3) is 3.03. The molecule has 2 N–H and O–H groups in total. The molecular formula is C16H16N2OS. The Kier molecular flexibility index (Phi) is 4.15. The summed E-state index contributed by atoms with van der Waals surface area (Å²) in [7, 11) is 1.76. The Labute approximate surface area is 124 Å². The number of amides is 1. The van der Waals surface area contributed by atoms with Crippen LogP contribution in [0.1, 0.15) is 21.5 Å². The molecule has 0 fully saturated rings. The van der Waals surface area contributed by atoms with Gasteiger partial charge in [-0.2, -0.15) is 0 Å². The smallest absolute Gasteiger partial charge is 0.258 e. The van der Waals surface area contributed by atoms with E-state index in [1.54, 1.807) is 36.2 Å². The van der Waals surface area contributed by atoms with Crippen molar-refractivity contribution in [2.75, 3.05) is 11.9 Å². The summed E-state index contributed by atoms with van der Waals surface area (Å²) in [4.78, 5) is 14.3. The maximum absolute atomic E-state index is 12.4. The molecule has 0 radical (unpaired) electrons. The molecular weight excluding hydrogens is 268 g/mol. The van der Waals surface area contributed by atoms with Gasteiger partial charge in [-0.1, -0.05) is 42.0 Å². The molecule has 0 aromatic heterocycles. The molecule has 4 heteroatoms. The van der Waals surface area contributed by atoms with E-state index in [0.29, 0.717) is 10.6 Å². The lowest BCUT2D eigenvalue weighted by Crippen LogP contribution is -2.26. The van der Waals surface area contributed by atoms with Crippen molar-refractivity contribution in [3.8, 4) is 0 Å². The summed E-state index contributed by atoms with van der Waals surface area (Å²) in [6.45, 7) is 2.01. The quantitative estimate of drug-likeness (QED) is 0.882. The van der Waals surface area contributed by atoms with Gasteiger partial charge >= 0.3 is 0 Å². The predicted molar refractivity (Wildman–Crippen MR) is 86.2 cm³/mol. The molecule has 0 spiro atoms. The fourth-order valence-electron chi connectivity index (χ4n) is 1.86. The molecule has 2 aromatic carbocycles. The van der Waals surface area contributed by atoms with Crippen molar-refractivity contribution in [2.24, 2.45) is 5.73 Å². The van der Waals surface area contributed by atoms with Gasteiger partial charge in [0.25, 0.3) is 5.91 Å². The number of benzene rings is 2. The van der Waals surface area contributed by atoms with Crippen LogP contribution >= 0.6 is 12.2 Å². The molecule has 2 rings (SSSR count). The van der Waals surface area contributed by atoms with Crippen LogP contribution in [0.15, 0.2) is 48.5 Å². The first kappa shape index (κ1) is 14.2. The van der Waals surface area contributed by atoms with Gasteiger partial charge in [0, 0.05) is 23.9 Å². The van der Waals surface area contributed by atoms with E-state index in [0.717, 1.165) is 16.8 Å². The van der Waals surface area contributed by atoms with E-state index >= 15 is 0 Å². The van der Waals surface area contributed by atoms with E-state index in [9.17, 15) is 4.79 Å². The van der Waals surface area contributed by atoms with Crippen LogP contribution in [0, 0.1) is 6.92 Å². The lowest BCUT2D eigenvalue weighted by molar-refractivity contribution is 0.0993. The second kappa shape index (κ2) is 5.84. The zero-order chi connectivity index (χ0) is 14.7. The Morgan fingerprint density at radius 2 is 1.50 bits per heavy atom. The summed E-state index contributed by atoms with van der Waals surface area (Å²) in [6.07, 6.45) is 0. The lowest BCUT2D eigenvalue weighted by atomic mass is 10.1. The zero-order valence-electron chi connectivity index (χ0n) is 11.5. The summed E-state index contributed by atoms with van der Waals surface area (Å²) in [5.41, 5.74) is 8.93. The second-order valence-electron chi connectivity index (χ2n) is 4.64. The molecule has 2 aromatic rings. The van der Waals surface area contributed by atoms with Gasteiger partial charge in [-0.15, -0.1) is 0 Å². The zero-order valence-corrected chi connectivity index (χ0v) is 12.3. The highest BCUT2D eigenvalue weighted by atomic mass is 32.1. The van der Waals surface area contributed by atoms with Gasteiger partial charge in [0.05, 0.1) is 0 Å². The maximum atomic E-state index is 12.4. The van der Waals surface area contributed by atoms with Crippen molar-refractivity contribution in [1.82, 2.24) is 0 Å². The molecule has 0 bridgehead atoms. The Morgan fingerprint density at radius 3 is 2.00 bits per heavy atom. The fraction of sp³-hybridized carbons (Fsp3) is 0.125. The number of carbonyl (C=O) groups excluding carboxylic acids is 1. The minimum Gasteiger partial charge on any atom is -0.389 e. The number of rotatable bonds is 3. The first-order chi connectivity index (χ1) is 9.49. The van der Waals surface area contributed by atoms with Crippen LogP contribution in [0.4, 0.5) is 5.69 Å². The Hall–Kier alpha value is -2.20. The van der Waals surface area contributed by atoms with Crippen LogP contribution in [-0.4, -0.2) is 17.9 Å². The van der Waals surface area contributed by atoms with E-state index in [1.807, 2.05) is 31.2 Å². The average Bonchev–Trinajstić information content (AvgIpc) is 2.46. The largest absolute Gasteiger partial charge is 0.389 e. The van der Waals surface area contributed by atoms with Crippen LogP contribution in [0.2, 0.25) is 0 Å². The van der Waals surface area contributed by atoms with Crippen molar-refractivity contribution < 1.29 is 4.79 Å². The minimum absolute atomic E-state index is 0.0663. The van der Waals surface area contributed by atoms with Crippen molar-refractivity contribution in [3.05, 3.63) is 65.2 Å². The number of hydrogen-bond acceptors (Lipinski definition) is 2. The Balaban J connectivity index is 2.22. The molecule has 3 nitrogen and oxygen atoms in total. The van der Waals surface area contributed by atoms with E-state index in [2.05, 4.69) is 0 Å². The van der Waals surface area contributed by atoms with Crippen molar-refractivity contribution in [2.45, 2.75) is 6.92 Å². The monoisotopic (exact) mass is 284 g/mol. The summed E-state index contributed by atoms with van der Waals surface area (Å²) in [5, 5.41) is 0. The Bertz CT molecular complexity index is 633. The summed E-state index contributed by atoms with van der Waals surface area (Å²) in [6, 6.07) is 14.8. The highest BCUT2D eigenvalue weighted by Gasteiger charge is 2.13. The van der Waals surface area contributed by atoms with Crippen molar-refractivity contribution >= 4 is 28.8 Å². The molecule has 102 valence electrons. The lowest BCUT2D eigenvalue weighted by Gasteiger charge is -2.17. The molecule has 0 saturated carbocycles. The van der Waals surface area contributed by atoms with Crippen LogP contribution in [0.3, 0.4) is 0 Å². The predicted octanol–water partition coefficient (Wildman–Crippen LogP) is 2.91. The average molecular weight is 284 g/mol. The fourth-order valence-corrected chi connectivity index (χ4v) is 1.99. The number of carbonyl (C=O) groups is 1. The van der Waals surface area contributed by atoms with Gasteiger partial charge in [0.1, 0.15) is 4.99 Å². The maximum Gasteiger partial charge on any atom is 0.258 e. The summed E-state index contributed by atoms with van der Waals surface area (Å²) in [5.74, 6) is -0.0663. The van der Waals surface area contributed by atoms with Gasteiger partial charge in [-0.3, -0.25) is 4.79 Å². The standard InChI is InChI=1S/C16H16N2OS/c1-11-3-9-14(10-4-11)18(2)16(19)13-7-5-12(6-8-13)15(17)20/h3-10H,1-2H3,(H2,17,20). The van der Waals surface area contributed by atoms with Crippen molar-refractivity contribution in [1.29, 1.82) is 0 Å². The third-order valence-electron chi connectivity index (χ3n) is 3.14. The first-order valence-corrected chi connectivity index (χ1v) is 6.64. The van der Waals surface area contributed by atoms with E-state index in [-0.39, 0.29) is 5.91 Å². The van der Waals surface area contributed by atoms with E-state index in [4.69, 9.17) is 18.0 Å². The highest BCUT2D eigenvalue weighted by Crippen LogP contribution is 2.16. The Morgan fingerprint density at radius 1 is 1.00 bits per heavy atom. The molecule has 0 unspecified atom stereocenters. The number of nitrogens with two attached hydrogens (primary N) is 1. The summed E-state index contributed by atoms with van der Waals surface area (Å²) < 4.78 is 0. The topological polar surface area (TPSA) is 46.3 Å². The van der Waals surface area contributed by atoms with Crippen LogP contribution < -0.4 is 10.6 Å².